The van der Waals surface area contributed by atoms with Gasteiger partial charge >= 0.3 is 0 Å². The smallest absolute Gasteiger partial charge is 0.222 e. The first-order chi connectivity index (χ1) is 7.76. The Morgan fingerprint density at radius 3 is 2.75 bits per heavy atom. The highest BCUT2D eigenvalue weighted by molar-refractivity contribution is 5.76. The molecule has 0 unspecified atom stereocenters. The third kappa shape index (κ3) is 2.53. The number of carbonyl (C=O) groups is 1. The molecule has 92 valence electrons. The molecule has 0 aliphatic carbocycles. The van der Waals surface area contributed by atoms with Crippen LogP contribution < -0.4 is 0 Å². The van der Waals surface area contributed by atoms with Gasteiger partial charge in [-0.15, -0.1) is 0 Å². The molecule has 2 saturated heterocycles. The summed E-state index contributed by atoms with van der Waals surface area (Å²) in [5.74, 6) is -0.367. The Morgan fingerprint density at radius 2 is 2.06 bits per heavy atom. The van der Waals surface area contributed by atoms with Gasteiger partial charge < -0.3 is 19.5 Å². The lowest BCUT2D eigenvalue weighted by atomic mass is 10.1. The molecule has 2 heterocycles. The normalized spacial score (nSPS) is 25.1. The Hall–Kier alpha value is -0.650. The topological polar surface area (TPSA) is 59.0 Å². The fourth-order valence-electron chi connectivity index (χ4n) is 2.29. The van der Waals surface area contributed by atoms with Gasteiger partial charge in [0.2, 0.25) is 5.91 Å². The van der Waals surface area contributed by atoms with Gasteiger partial charge in [-0.2, -0.15) is 0 Å². The fraction of sp³-hybridized carbons (Fsp3) is 0.909. The summed E-state index contributed by atoms with van der Waals surface area (Å²) >= 11 is 0. The largest absolute Gasteiger partial charge is 0.396 e. The molecule has 0 saturated carbocycles. The molecular formula is C11H19NO4. The Bertz CT molecular complexity index is 250. The Kier molecular flexibility index (Phi) is 3.78. The molecule has 0 atom stereocenters. The minimum Gasteiger partial charge on any atom is -0.396 e. The number of ether oxygens (including phenoxy) is 2. The zero-order valence-corrected chi connectivity index (χ0v) is 9.48. The molecule has 0 radical (unpaired) electrons. The van der Waals surface area contributed by atoms with Crippen LogP contribution in [0.15, 0.2) is 0 Å². The fourth-order valence-corrected chi connectivity index (χ4v) is 2.29. The predicted molar refractivity (Wildman–Crippen MR) is 56.8 cm³/mol. The van der Waals surface area contributed by atoms with Gasteiger partial charge in [0.15, 0.2) is 5.79 Å². The van der Waals surface area contributed by atoms with Crippen molar-refractivity contribution in [2.24, 2.45) is 0 Å². The van der Waals surface area contributed by atoms with Crippen LogP contribution in [0.25, 0.3) is 0 Å². The summed E-state index contributed by atoms with van der Waals surface area (Å²) in [6, 6.07) is 0. The average molecular weight is 229 g/mol. The first kappa shape index (κ1) is 11.8. The van der Waals surface area contributed by atoms with Gasteiger partial charge in [0.1, 0.15) is 0 Å². The number of amides is 1. The van der Waals surface area contributed by atoms with Gasteiger partial charge in [-0.1, -0.05) is 0 Å². The highest BCUT2D eigenvalue weighted by Gasteiger charge is 2.39. The summed E-state index contributed by atoms with van der Waals surface area (Å²) < 4.78 is 11.2. The first-order valence-corrected chi connectivity index (χ1v) is 5.92. The van der Waals surface area contributed by atoms with E-state index in [1.54, 1.807) is 4.90 Å². The van der Waals surface area contributed by atoms with Crippen molar-refractivity contribution in [2.45, 2.75) is 31.5 Å². The lowest BCUT2D eigenvalue weighted by Gasteiger charge is -2.25. The van der Waals surface area contributed by atoms with E-state index in [-0.39, 0.29) is 12.5 Å². The first-order valence-electron chi connectivity index (χ1n) is 5.92. The summed E-state index contributed by atoms with van der Waals surface area (Å²) in [6.07, 6.45) is 2.51. The van der Waals surface area contributed by atoms with Crippen LogP contribution >= 0.6 is 0 Å². The van der Waals surface area contributed by atoms with Crippen molar-refractivity contribution in [3.05, 3.63) is 0 Å². The zero-order valence-electron chi connectivity index (χ0n) is 9.48. The number of nitrogens with zero attached hydrogens (tertiary/aromatic N) is 1. The summed E-state index contributed by atoms with van der Waals surface area (Å²) in [5.41, 5.74) is 0. The van der Waals surface area contributed by atoms with Gasteiger partial charge in [0, 0.05) is 39.0 Å². The Balaban J connectivity index is 1.92. The second-order valence-corrected chi connectivity index (χ2v) is 4.32. The third-order valence-electron chi connectivity index (χ3n) is 3.23. The monoisotopic (exact) mass is 229 g/mol. The number of likely N-dealkylation sites (tertiary alicyclic amines) is 1. The van der Waals surface area contributed by atoms with E-state index in [0.717, 1.165) is 6.42 Å². The van der Waals surface area contributed by atoms with Crippen LogP contribution in [0, 0.1) is 0 Å². The van der Waals surface area contributed by atoms with Crippen molar-refractivity contribution in [1.82, 2.24) is 4.90 Å². The summed E-state index contributed by atoms with van der Waals surface area (Å²) in [4.78, 5) is 13.6. The molecule has 1 spiro atoms. The van der Waals surface area contributed by atoms with Crippen molar-refractivity contribution in [2.75, 3.05) is 32.9 Å². The molecule has 1 amide bonds. The molecule has 2 aliphatic heterocycles. The average Bonchev–Trinajstić information content (AvgIpc) is 2.69. The van der Waals surface area contributed by atoms with Gasteiger partial charge in [-0.05, 0) is 6.42 Å². The standard InChI is InChI=1S/C11H19NO4/c13-7-1-5-12-6-4-11(3-2-10(12)14)15-8-9-16-11/h13H,1-9H2. The van der Waals surface area contributed by atoms with Gasteiger partial charge in [0.05, 0.1) is 13.2 Å². The van der Waals surface area contributed by atoms with Crippen molar-refractivity contribution >= 4 is 5.91 Å². The second-order valence-electron chi connectivity index (χ2n) is 4.32. The van der Waals surface area contributed by atoms with Crippen molar-refractivity contribution < 1.29 is 19.4 Å². The highest BCUT2D eigenvalue weighted by Crippen LogP contribution is 2.31. The number of hydrogen-bond acceptors (Lipinski definition) is 4. The lowest BCUT2D eigenvalue weighted by molar-refractivity contribution is -0.164. The van der Waals surface area contributed by atoms with E-state index >= 15 is 0 Å². The van der Waals surface area contributed by atoms with Gasteiger partial charge in [-0.3, -0.25) is 4.79 Å². The Morgan fingerprint density at radius 1 is 1.31 bits per heavy atom. The summed E-state index contributed by atoms with van der Waals surface area (Å²) in [5, 5.41) is 8.77. The predicted octanol–water partition coefficient (Wildman–Crippen LogP) is 0.124. The van der Waals surface area contributed by atoms with Crippen molar-refractivity contribution in [3.8, 4) is 0 Å². The number of hydrogen-bond donors (Lipinski definition) is 1. The number of rotatable bonds is 3. The van der Waals surface area contributed by atoms with Crippen LogP contribution in [0.2, 0.25) is 0 Å². The minimum atomic E-state index is -0.510. The maximum absolute atomic E-state index is 11.8. The molecule has 5 nitrogen and oxygen atoms in total. The van der Waals surface area contributed by atoms with Crippen molar-refractivity contribution in [1.29, 1.82) is 0 Å². The maximum Gasteiger partial charge on any atom is 0.222 e. The molecule has 2 aliphatic rings. The van der Waals surface area contributed by atoms with Gasteiger partial charge in [-0.25, -0.2) is 0 Å². The SMILES string of the molecule is O=C1CCC2(CCN1CCCO)OCCO2. The highest BCUT2D eigenvalue weighted by atomic mass is 16.7. The molecule has 1 N–H and O–H groups in total. The van der Waals surface area contributed by atoms with Crippen LogP contribution in [0.3, 0.4) is 0 Å². The van der Waals surface area contributed by atoms with Crippen LogP contribution in [-0.2, 0) is 14.3 Å². The van der Waals surface area contributed by atoms with Crippen LogP contribution in [0.1, 0.15) is 25.7 Å². The quantitative estimate of drug-likeness (QED) is 0.747. The number of carbonyl (C=O) groups excluding carboxylic acids is 1. The van der Waals surface area contributed by atoms with Crippen LogP contribution in [-0.4, -0.2) is 54.6 Å². The molecule has 2 fully saturated rings. The minimum absolute atomic E-state index is 0.127. The van der Waals surface area contributed by atoms with E-state index in [0.29, 0.717) is 45.6 Å². The summed E-state index contributed by atoms with van der Waals surface area (Å²) in [7, 11) is 0. The molecule has 0 aromatic rings. The van der Waals surface area contributed by atoms with E-state index < -0.39 is 5.79 Å². The van der Waals surface area contributed by atoms with E-state index in [1.807, 2.05) is 0 Å². The molecule has 0 aromatic carbocycles. The molecule has 0 bridgehead atoms. The Labute approximate surface area is 95.3 Å². The third-order valence-corrected chi connectivity index (χ3v) is 3.23. The van der Waals surface area contributed by atoms with E-state index in [1.165, 1.54) is 0 Å². The molecule has 16 heavy (non-hydrogen) atoms. The van der Waals surface area contributed by atoms with E-state index in [9.17, 15) is 4.79 Å². The van der Waals surface area contributed by atoms with E-state index in [4.69, 9.17) is 14.6 Å². The van der Waals surface area contributed by atoms with Crippen molar-refractivity contribution in [3.63, 3.8) is 0 Å². The number of aliphatic hydroxyl groups excluding tert-OH is 1. The van der Waals surface area contributed by atoms with Crippen LogP contribution in [0.4, 0.5) is 0 Å². The van der Waals surface area contributed by atoms with E-state index in [2.05, 4.69) is 0 Å². The van der Waals surface area contributed by atoms with Crippen LogP contribution in [0.5, 0.6) is 0 Å². The molecule has 2 rings (SSSR count). The second kappa shape index (κ2) is 5.12. The maximum atomic E-state index is 11.8. The zero-order chi connectivity index (χ0) is 11.4. The summed E-state index contributed by atoms with van der Waals surface area (Å²) in [6.45, 7) is 2.68. The molecule has 0 aromatic heterocycles. The lowest BCUT2D eigenvalue weighted by Crippen LogP contribution is -2.34. The molecule has 5 heteroatoms. The number of aliphatic hydroxyl groups is 1. The van der Waals surface area contributed by atoms with Gasteiger partial charge in [0.25, 0.3) is 0 Å². The molecular weight excluding hydrogens is 210 g/mol.